The quantitative estimate of drug-likeness (QED) is 0.853. The number of nitrogens with zero attached hydrogens (tertiary/aromatic N) is 1. The van der Waals surface area contributed by atoms with Crippen molar-refractivity contribution in [3.63, 3.8) is 0 Å². The zero-order chi connectivity index (χ0) is 16.1. The Morgan fingerprint density at radius 1 is 1.48 bits per heavy atom. The maximum atomic E-state index is 12.0. The van der Waals surface area contributed by atoms with Gasteiger partial charge in [0.1, 0.15) is 5.76 Å². The highest BCUT2D eigenvalue weighted by Crippen LogP contribution is 2.36. The van der Waals surface area contributed by atoms with Crippen molar-refractivity contribution in [1.29, 1.82) is 0 Å². The van der Waals surface area contributed by atoms with Gasteiger partial charge in [-0.05, 0) is 62.0 Å². The molecule has 122 valence electrons. The van der Waals surface area contributed by atoms with E-state index >= 15 is 0 Å². The van der Waals surface area contributed by atoms with E-state index in [0.717, 1.165) is 13.0 Å². The van der Waals surface area contributed by atoms with E-state index in [1.807, 2.05) is 6.07 Å². The number of furan rings is 1. The summed E-state index contributed by atoms with van der Waals surface area (Å²) < 4.78 is 5.19. The molecule has 23 heavy (non-hydrogen) atoms. The number of carbonyl (C=O) groups excluding carboxylic acids is 1. The minimum Gasteiger partial charge on any atom is -0.465 e. The van der Waals surface area contributed by atoms with Crippen LogP contribution in [0.2, 0.25) is 0 Å². The second kappa shape index (κ2) is 7.62. The van der Waals surface area contributed by atoms with Gasteiger partial charge in [0.2, 0.25) is 5.91 Å². The van der Waals surface area contributed by atoms with Gasteiger partial charge in [0.05, 0.1) is 6.26 Å². The number of hydrogen-bond acceptors (Lipinski definition) is 4. The van der Waals surface area contributed by atoms with Crippen LogP contribution in [-0.2, 0) is 4.79 Å². The topological polar surface area (TPSA) is 45.5 Å². The summed E-state index contributed by atoms with van der Waals surface area (Å²) in [4.78, 5) is 15.8. The molecule has 1 saturated heterocycles. The van der Waals surface area contributed by atoms with E-state index < -0.39 is 0 Å². The van der Waals surface area contributed by atoms with Gasteiger partial charge in [-0.15, -0.1) is 11.3 Å². The highest BCUT2D eigenvalue weighted by Gasteiger charge is 2.31. The first kappa shape index (κ1) is 16.0. The molecule has 1 aliphatic rings. The maximum Gasteiger partial charge on any atom is 0.244 e. The first-order valence-electron chi connectivity index (χ1n) is 7.97. The minimum atomic E-state index is -0.0699. The zero-order valence-corrected chi connectivity index (χ0v) is 14.1. The van der Waals surface area contributed by atoms with Gasteiger partial charge in [0.15, 0.2) is 0 Å². The Kier molecular flexibility index (Phi) is 5.31. The van der Waals surface area contributed by atoms with Crippen LogP contribution < -0.4 is 5.32 Å². The molecule has 0 unspecified atom stereocenters. The van der Waals surface area contributed by atoms with Crippen molar-refractivity contribution in [2.75, 3.05) is 20.1 Å². The molecule has 0 aromatic carbocycles. The van der Waals surface area contributed by atoms with Crippen LogP contribution in [0, 0.1) is 5.92 Å². The molecule has 0 bridgehead atoms. The number of hydrogen-bond donors (Lipinski definition) is 1. The summed E-state index contributed by atoms with van der Waals surface area (Å²) in [6.07, 6.45) is 7.15. The highest BCUT2D eigenvalue weighted by atomic mass is 32.1. The first-order chi connectivity index (χ1) is 11.2. The third kappa shape index (κ3) is 4.12. The van der Waals surface area contributed by atoms with Crippen LogP contribution in [0.15, 0.2) is 46.4 Å². The van der Waals surface area contributed by atoms with Crippen LogP contribution in [0.3, 0.4) is 0 Å². The number of rotatable bonds is 5. The van der Waals surface area contributed by atoms with E-state index in [1.165, 1.54) is 17.4 Å². The zero-order valence-electron chi connectivity index (χ0n) is 13.3. The van der Waals surface area contributed by atoms with Crippen LogP contribution in [0.25, 0.3) is 6.08 Å². The van der Waals surface area contributed by atoms with Crippen LogP contribution in [0.4, 0.5) is 0 Å². The van der Waals surface area contributed by atoms with Gasteiger partial charge in [-0.3, -0.25) is 9.69 Å². The Morgan fingerprint density at radius 3 is 3.13 bits per heavy atom. The summed E-state index contributed by atoms with van der Waals surface area (Å²) in [5, 5.41) is 5.16. The summed E-state index contributed by atoms with van der Waals surface area (Å²) in [6.45, 7) is 1.82. The number of piperidine rings is 1. The van der Waals surface area contributed by atoms with Crippen LogP contribution in [-0.4, -0.2) is 30.9 Å². The Balaban J connectivity index is 1.58. The number of carbonyl (C=O) groups is 1. The fourth-order valence-electron chi connectivity index (χ4n) is 3.22. The van der Waals surface area contributed by atoms with E-state index in [9.17, 15) is 4.79 Å². The Morgan fingerprint density at radius 2 is 2.39 bits per heavy atom. The van der Waals surface area contributed by atoms with Gasteiger partial charge >= 0.3 is 0 Å². The van der Waals surface area contributed by atoms with Crippen molar-refractivity contribution in [3.05, 3.63) is 52.6 Å². The van der Waals surface area contributed by atoms with Gasteiger partial charge in [-0.2, -0.15) is 0 Å². The molecule has 0 saturated carbocycles. The van der Waals surface area contributed by atoms with E-state index in [4.69, 9.17) is 4.42 Å². The lowest BCUT2D eigenvalue weighted by Gasteiger charge is -2.38. The lowest BCUT2D eigenvalue weighted by Crippen LogP contribution is -2.41. The van der Waals surface area contributed by atoms with Crippen molar-refractivity contribution in [1.82, 2.24) is 10.2 Å². The molecule has 1 amide bonds. The smallest absolute Gasteiger partial charge is 0.244 e. The number of thiophene rings is 1. The Labute approximate surface area is 140 Å². The van der Waals surface area contributed by atoms with E-state index in [2.05, 4.69) is 34.8 Å². The molecule has 2 aromatic rings. The average molecular weight is 330 g/mol. The van der Waals surface area contributed by atoms with Gasteiger partial charge in [-0.1, -0.05) is 6.07 Å². The van der Waals surface area contributed by atoms with Crippen LogP contribution >= 0.6 is 11.3 Å². The van der Waals surface area contributed by atoms with E-state index in [1.54, 1.807) is 29.7 Å². The molecule has 1 N–H and O–H groups in total. The number of amides is 1. The fraction of sp³-hybridized carbons (Fsp3) is 0.389. The van der Waals surface area contributed by atoms with Gasteiger partial charge < -0.3 is 9.73 Å². The molecule has 1 fully saturated rings. The molecule has 3 rings (SSSR count). The second-order valence-corrected chi connectivity index (χ2v) is 6.92. The maximum absolute atomic E-state index is 12.0. The van der Waals surface area contributed by atoms with Crippen LogP contribution in [0.1, 0.15) is 29.5 Å². The highest BCUT2D eigenvalue weighted by molar-refractivity contribution is 7.10. The average Bonchev–Trinajstić information content (AvgIpc) is 3.24. The third-order valence-corrected chi connectivity index (χ3v) is 5.27. The summed E-state index contributed by atoms with van der Waals surface area (Å²) in [5.41, 5.74) is 0. The molecule has 0 spiro atoms. The van der Waals surface area contributed by atoms with Crippen molar-refractivity contribution < 1.29 is 9.21 Å². The van der Waals surface area contributed by atoms with Crippen LogP contribution in [0.5, 0.6) is 0 Å². The summed E-state index contributed by atoms with van der Waals surface area (Å²) in [6, 6.07) is 8.33. The van der Waals surface area contributed by atoms with Gasteiger partial charge in [0, 0.05) is 23.5 Å². The second-order valence-electron chi connectivity index (χ2n) is 5.94. The lowest BCUT2D eigenvalue weighted by molar-refractivity contribution is -0.116. The largest absolute Gasteiger partial charge is 0.465 e. The predicted octanol–water partition coefficient (Wildman–Crippen LogP) is 3.55. The molecule has 2 atom stereocenters. The summed E-state index contributed by atoms with van der Waals surface area (Å²) in [7, 11) is 2.18. The van der Waals surface area contributed by atoms with Gasteiger partial charge in [-0.25, -0.2) is 0 Å². The molecular formula is C18H22N2O2S. The molecule has 0 radical (unpaired) electrons. The predicted molar refractivity (Wildman–Crippen MR) is 93.2 cm³/mol. The number of likely N-dealkylation sites (tertiary alicyclic amines) is 1. The SMILES string of the molecule is CN1CCC[C@H](CNC(=O)/C=C\c2ccco2)[C@H]1c1cccs1. The third-order valence-electron chi connectivity index (χ3n) is 4.32. The minimum absolute atomic E-state index is 0.0699. The first-order valence-corrected chi connectivity index (χ1v) is 8.85. The standard InChI is InChI=1S/C18H22N2O2S/c1-20-10-2-5-14(18(20)16-7-4-12-23-16)13-19-17(21)9-8-15-6-3-11-22-15/h3-4,6-9,11-12,14,18H,2,5,10,13H2,1H3,(H,19,21)/b9-8-/t14-,18+/m1/s1. The molecule has 3 heterocycles. The molecular weight excluding hydrogens is 308 g/mol. The van der Waals surface area contributed by atoms with E-state index in [-0.39, 0.29) is 5.91 Å². The summed E-state index contributed by atoms with van der Waals surface area (Å²) >= 11 is 1.80. The van der Waals surface area contributed by atoms with Crippen molar-refractivity contribution in [2.45, 2.75) is 18.9 Å². The monoisotopic (exact) mass is 330 g/mol. The molecule has 4 nitrogen and oxygen atoms in total. The molecule has 1 aliphatic heterocycles. The Hall–Kier alpha value is -1.85. The van der Waals surface area contributed by atoms with Gasteiger partial charge in [0.25, 0.3) is 0 Å². The van der Waals surface area contributed by atoms with Crippen molar-refractivity contribution >= 4 is 23.3 Å². The fourth-order valence-corrected chi connectivity index (χ4v) is 4.20. The van der Waals surface area contributed by atoms with Crippen molar-refractivity contribution in [3.8, 4) is 0 Å². The normalized spacial score (nSPS) is 22.5. The molecule has 5 heteroatoms. The van der Waals surface area contributed by atoms with E-state index in [0.29, 0.717) is 24.3 Å². The molecule has 0 aliphatic carbocycles. The number of nitrogens with one attached hydrogen (secondary N) is 1. The molecule has 2 aromatic heterocycles. The Bertz CT molecular complexity index is 634. The van der Waals surface area contributed by atoms with Crippen molar-refractivity contribution in [2.24, 2.45) is 5.92 Å². The summed E-state index contributed by atoms with van der Waals surface area (Å²) in [5.74, 6) is 1.07. The lowest BCUT2D eigenvalue weighted by atomic mass is 9.88.